The van der Waals surface area contributed by atoms with Crippen molar-refractivity contribution in [1.29, 1.82) is 0 Å². The normalized spacial score (nSPS) is 11.1. The van der Waals surface area contributed by atoms with E-state index in [0.29, 0.717) is 0 Å². The molecule has 0 N–H and O–H groups in total. The Morgan fingerprint density at radius 3 is 2.62 bits per heavy atom. The minimum Gasteiger partial charge on any atom is -0.337 e. The van der Waals surface area contributed by atoms with Crippen molar-refractivity contribution in [3.63, 3.8) is 0 Å². The lowest BCUT2D eigenvalue weighted by atomic mass is 10.1. The van der Waals surface area contributed by atoms with Crippen LogP contribution in [0.15, 0.2) is 40.9 Å². The van der Waals surface area contributed by atoms with Crippen LogP contribution in [-0.4, -0.2) is 10.4 Å². The molecule has 0 aliphatic carbocycles. The van der Waals surface area contributed by atoms with E-state index in [2.05, 4.69) is 10.4 Å². The van der Waals surface area contributed by atoms with Crippen molar-refractivity contribution in [2.45, 2.75) is 0 Å². The Hall–Kier alpha value is -1.90. The molecule has 0 atom stereocenters. The van der Waals surface area contributed by atoms with E-state index in [4.69, 9.17) is 4.52 Å². The minimum atomic E-state index is 0.735. The van der Waals surface area contributed by atoms with Gasteiger partial charge in [-0.2, -0.15) is 0 Å². The molecule has 3 rings (SSSR count). The van der Waals surface area contributed by atoms with Gasteiger partial charge in [-0.25, -0.2) is 0 Å². The molecule has 3 aromatic rings. The second-order valence-corrected chi connectivity index (χ2v) is 2.94. The maximum atomic E-state index is 4.96. The van der Waals surface area contributed by atoms with Gasteiger partial charge in [0.2, 0.25) is 0 Å². The third-order valence-corrected chi connectivity index (χ3v) is 2.12. The molecule has 0 bridgehead atoms. The zero-order chi connectivity index (χ0) is 8.67. The van der Waals surface area contributed by atoms with Gasteiger partial charge in [0.15, 0.2) is 5.58 Å². The third kappa shape index (κ3) is 0.902. The Morgan fingerprint density at radius 2 is 1.77 bits per heavy atom. The summed E-state index contributed by atoms with van der Waals surface area (Å²) in [6.07, 6.45) is 0. The Balaban J connectivity index is 2.57. The Morgan fingerprint density at radius 1 is 1.00 bits per heavy atom. The van der Waals surface area contributed by atoms with E-state index in [9.17, 15) is 0 Å². The highest BCUT2D eigenvalue weighted by Crippen LogP contribution is 2.20. The van der Waals surface area contributed by atoms with Crippen LogP contribution in [0, 0.1) is 0 Å². The molecule has 0 saturated carbocycles. The van der Waals surface area contributed by atoms with Crippen molar-refractivity contribution >= 4 is 21.9 Å². The SMILES string of the molecule is c1ccc2cc3onnc3cc2c1. The number of aromatic nitrogens is 2. The molecule has 3 heteroatoms. The molecule has 3 nitrogen and oxygen atoms in total. The smallest absolute Gasteiger partial charge is 0.188 e. The summed E-state index contributed by atoms with van der Waals surface area (Å²) < 4.78 is 4.96. The molecule has 0 fully saturated rings. The molecule has 0 saturated heterocycles. The Kier molecular flexibility index (Phi) is 1.16. The molecule has 1 aromatic heterocycles. The quantitative estimate of drug-likeness (QED) is 0.520. The second kappa shape index (κ2) is 2.29. The molecule has 0 spiro atoms. The average Bonchev–Trinajstić information content (AvgIpc) is 2.61. The van der Waals surface area contributed by atoms with E-state index in [1.165, 1.54) is 0 Å². The van der Waals surface area contributed by atoms with Gasteiger partial charge in [0.1, 0.15) is 5.52 Å². The molecular formula is C10H6N2O. The fourth-order valence-corrected chi connectivity index (χ4v) is 1.47. The summed E-state index contributed by atoms with van der Waals surface area (Å²) in [6.45, 7) is 0. The van der Waals surface area contributed by atoms with Crippen LogP contribution in [0.3, 0.4) is 0 Å². The summed E-state index contributed by atoms with van der Waals surface area (Å²) in [6, 6.07) is 12.0. The lowest BCUT2D eigenvalue weighted by Gasteiger charge is -1.93. The summed E-state index contributed by atoms with van der Waals surface area (Å²) >= 11 is 0. The van der Waals surface area contributed by atoms with Gasteiger partial charge in [0.25, 0.3) is 0 Å². The number of nitrogens with zero attached hydrogens (tertiary/aromatic N) is 2. The molecule has 0 amide bonds. The van der Waals surface area contributed by atoms with Crippen LogP contribution in [0.5, 0.6) is 0 Å². The van der Waals surface area contributed by atoms with E-state index >= 15 is 0 Å². The van der Waals surface area contributed by atoms with Gasteiger partial charge in [0.05, 0.1) is 0 Å². The van der Waals surface area contributed by atoms with E-state index in [-0.39, 0.29) is 0 Å². The van der Waals surface area contributed by atoms with Crippen molar-refractivity contribution in [2.24, 2.45) is 0 Å². The standard InChI is InChI=1S/C10H6N2O/c1-2-4-8-6-10-9(11-12-13-10)5-7(8)3-1/h1-6H. The van der Waals surface area contributed by atoms with Gasteiger partial charge < -0.3 is 4.52 Å². The number of fused-ring (bicyclic) bond motifs is 2. The Labute approximate surface area is 73.9 Å². The molecule has 13 heavy (non-hydrogen) atoms. The summed E-state index contributed by atoms with van der Waals surface area (Å²) in [5.41, 5.74) is 1.54. The van der Waals surface area contributed by atoms with E-state index in [1.807, 2.05) is 36.4 Å². The maximum Gasteiger partial charge on any atom is 0.188 e. The van der Waals surface area contributed by atoms with Crippen molar-refractivity contribution in [3.05, 3.63) is 36.4 Å². The topological polar surface area (TPSA) is 38.9 Å². The molecule has 0 aliphatic heterocycles. The van der Waals surface area contributed by atoms with Crippen LogP contribution in [0.4, 0.5) is 0 Å². The summed E-state index contributed by atoms with van der Waals surface area (Å²) in [4.78, 5) is 0. The monoisotopic (exact) mass is 170 g/mol. The predicted octanol–water partition coefficient (Wildman–Crippen LogP) is 2.38. The molecule has 62 valence electrons. The molecular weight excluding hydrogens is 164 g/mol. The summed E-state index contributed by atoms with van der Waals surface area (Å²) in [7, 11) is 0. The first-order valence-corrected chi connectivity index (χ1v) is 4.04. The highest BCUT2D eigenvalue weighted by molar-refractivity contribution is 5.93. The van der Waals surface area contributed by atoms with Crippen LogP contribution in [-0.2, 0) is 0 Å². The molecule has 2 aromatic carbocycles. The van der Waals surface area contributed by atoms with Crippen LogP contribution in [0.25, 0.3) is 21.9 Å². The zero-order valence-corrected chi connectivity index (χ0v) is 6.77. The molecule has 1 heterocycles. The van der Waals surface area contributed by atoms with E-state index in [0.717, 1.165) is 21.9 Å². The van der Waals surface area contributed by atoms with Crippen molar-refractivity contribution in [1.82, 2.24) is 10.4 Å². The minimum absolute atomic E-state index is 0.735. The highest BCUT2D eigenvalue weighted by atomic mass is 16.5. The van der Waals surface area contributed by atoms with Gasteiger partial charge in [0, 0.05) is 5.27 Å². The summed E-state index contributed by atoms with van der Waals surface area (Å²) in [5, 5.41) is 9.66. The number of benzene rings is 2. The third-order valence-electron chi connectivity index (χ3n) is 2.12. The first kappa shape index (κ1) is 6.60. The average molecular weight is 170 g/mol. The molecule has 0 radical (unpaired) electrons. The van der Waals surface area contributed by atoms with Crippen molar-refractivity contribution in [2.75, 3.05) is 0 Å². The lowest BCUT2D eigenvalue weighted by Crippen LogP contribution is -1.72. The number of hydrogen-bond donors (Lipinski definition) is 0. The summed E-state index contributed by atoms with van der Waals surface area (Å²) in [5.74, 6) is 0. The van der Waals surface area contributed by atoms with Crippen LogP contribution < -0.4 is 0 Å². The zero-order valence-electron chi connectivity index (χ0n) is 6.77. The van der Waals surface area contributed by atoms with Gasteiger partial charge in [-0.15, -0.1) is 5.10 Å². The van der Waals surface area contributed by atoms with E-state index in [1.54, 1.807) is 0 Å². The molecule has 0 aliphatic rings. The van der Waals surface area contributed by atoms with Crippen LogP contribution >= 0.6 is 0 Å². The Bertz CT molecular complexity index is 521. The lowest BCUT2D eigenvalue weighted by molar-refractivity contribution is 0.424. The highest BCUT2D eigenvalue weighted by Gasteiger charge is 2.01. The number of rotatable bonds is 0. The largest absolute Gasteiger partial charge is 0.337 e. The fourth-order valence-electron chi connectivity index (χ4n) is 1.47. The van der Waals surface area contributed by atoms with Crippen LogP contribution in [0.1, 0.15) is 0 Å². The second-order valence-electron chi connectivity index (χ2n) is 2.94. The van der Waals surface area contributed by atoms with Gasteiger partial charge in [-0.3, -0.25) is 0 Å². The van der Waals surface area contributed by atoms with Gasteiger partial charge in [-0.1, -0.05) is 24.3 Å². The fraction of sp³-hybridized carbons (Fsp3) is 0. The van der Waals surface area contributed by atoms with Crippen molar-refractivity contribution < 1.29 is 4.52 Å². The van der Waals surface area contributed by atoms with Gasteiger partial charge >= 0.3 is 0 Å². The predicted molar refractivity (Wildman–Crippen MR) is 49.3 cm³/mol. The molecule has 0 unspecified atom stereocenters. The van der Waals surface area contributed by atoms with E-state index < -0.39 is 0 Å². The van der Waals surface area contributed by atoms with Gasteiger partial charge in [-0.05, 0) is 22.9 Å². The number of hydrogen-bond acceptors (Lipinski definition) is 3. The van der Waals surface area contributed by atoms with Crippen molar-refractivity contribution in [3.8, 4) is 0 Å². The first-order chi connectivity index (χ1) is 6.43. The van der Waals surface area contributed by atoms with Crippen LogP contribution in [0.2, 0.25) is 0 Å². The first-order valence-electron chi connectivity index (χ1n) is 4.04. The maximum absolute atomic E-state index is 4.96.